The van der Waals surface area contributed by atoms with Crippen LogP contribution in [-0.4, -0.2) is 35.7 Å². The van der Waals surface area contributed by atoms with E-state index in [1.165, 1.54) is 6.33 Å². The second-order valence-electron chi connectivity index (χ2n) is 6.02. The smallest absolute Gasteiger partial charge is 0.258 e. The zero-order valence-electron chi connectivity index (χ0n) is 16.6. The molecule has 0 radical (unpaired) electrons. The molecule has 0 fully saturated rings. The van der Waals surface area contributed by atoms with Gasteiger partial charge >= 0.3 is 0 Å². The first-order valence-electron chi connectivity index (χ1n) is 9.42. The Hall–Kier alpha value is -3.55. The number of aromatic amines is 1. The van der Waals surface area contributed by atoms with Crippen LogP contribution in [0.1, 0.15) is 31.1 Å². The molecule has 0 unspecified atom stereocenters. The number of anilines is 1. The van der Waals surface area contributed by atoms with Crippen LogP contribution in [0.25, 0.3) is 10.9 Å². The van der Waals surface area contributed by atoms with Gasteiger partial charge in [-0.05, 0) is 51.1 Å². The molecule has 0 bridgehead atoms. The van der Waals surface area contributed by atoms with Crippen LogP contribution < -0.4 is 25.1 Å². The van der Waals surface area contributed by atoms with Gasteiger partial charge in [-0.3, -0.25) is 9.59 Å². The van der Waals surface area contributed by atoms with E-state index in [0.717, 1.165) is 0 Å². The van der Waals surface area contributed by atoms with E-state index in [1.54, 1.807) is 30.3 Å². The van der Waals surface area contributed by atoms with Gasteiger partial charge in [0, 0.05) is 11.3 Å². The van der Waals surface area contributed by atoms with Crippen molar-refractivity contribution in [3.05, 3.63) is 52.6 Å². The van der Waals surface area contributed by atoms with Gasteiger partial charge in [0.05, 0.1) is 37.1 Å². The molecule has 29 heavy (non-hydrogen) atoms. The summed E-state index contributed by atoms with van der Waals surface area (Å²) in [6.45, 7) is 6.83. The minimum atomic E-state index is -0.366. The number of aromatic nitrogens is 2. The number of amides is 1. The Morgan fingerprint density at radius 1 is 1.00 bits per heavy atom. The Labute approximate surface area is 167 Å². The van der Waals surface area contributed by atoms with E-state index < -0.39 is 0 Å². The minimum absolute atomic E-state index is 0.274. The topological polar surface area (TPSA) is 103 Å². The third-order valence-corrected chi connectivity index (χ3v) is 4.07. The van der Waals surface area contributed by atoms with Crippen molar-refractivity contribution in [1.82, 2.24) is 9.97 Å². The summed E-state index contributed by atoms with van der Waals surface area (Å²) in [5.41, 5.74) is 1.10. The number of benzene rings is 2. The SMILES string of the molecule is CCOc1cc(C(=O)Nc2ccc3nc[nH]c(=O)c3c2)cc(OCC)c1OCC. The molecule has 1 heterocycles. The van der Waals surface area contributed by atoms with Gasteiger partial charge in [-0.2, -0.15) is 0 Å². The molecule has 8 nitrogen and oxygen atoms in total. The largest absolute Gasteiger partial charge is 0.490 e. The van der Waals surface area contributed by atoms with Gasteiger partial charge in [0.15, 0.2) is 11.5 Å². The van der Waals surface area contributed by atoms with Crippen LogP contribution in [0.4, 0.5) is 5.69 Å². The van der Waals surface area contributed by atoms with Gasteiger partial charge < -0.3 is 24.5 Å². The van der Waals surface area contributed by atoms with E-state index in [0.29, 0.717) is 59.2 Å². The molecule has 1 aromatic heterocycles. The Kier molecular flexibility index (Phi) is 6.33. The van der Waals surface area contributed by atoms with Crippen LogP contribution >= 0.6 is 0 Å². The summed E-state index contributed by atoms with van der Waals surface area (Å²) in [4.78, 5) is 31.4. The third-order valence-electron chi connectivity index (χ3n) is 4.07. The lowest BCUT2D eigenvalue weighted by molar-refractivity contribution is 0.102. The second kappa shape index (κ2) is 9.09. The Balaban J connectivity index is 1.95. The second-order valence-corrected chi connectivity index (χ2v) is 6.02. The van der Waals surface area contributed by atoms with Crippen LogP contribution in [0.3, 0.4) is 0 Å². The van der Waals surface area contributed by atoms with Gasteiger partial charge in [-0.25, -0.2) is 4.98 Å². The van der Waals surface area contributed by atoms with Crippen molar-refractivity contribution in [2.75, 3.05) is 25.1 Å². The fraction of sp³-hybridized carbons (Fsp3) is 0.286. The quantitative estimate of drug-likeness (QED) is 0.604. The Bertz CT molecular complexity index is 1050. The molecule has 0 saturated heterocycles. The number of carbonyl (C=O) groups excluding carboxylic acids is 1. The number of ether oxygens (including phenoxy) is 3. The highest BCUT2D eigenvalue weighted by Crippen LogP contribution is 2.39. The molecule has 0 spiro atoms. The molecule has 152 valence electrons. The van der Waals surface area contributed by atoms with Crippen molar-refractivity contribution < 1.29 is 19.0 Å². The van der Waals surface area contributed by atoms with Gasteiger partial charge in [0.25, 0.3) is 11.5 Å². The average molecular weight is 397 g/mol. The van der Waals surface area contributed by atoms with Crippen LogP contribution in [0.15, 0.2) is 41.5 Å². The first-order valence-corrected chi connectivity index (χ1v) is 9.42. The Morgan fingerprint density at radius 3 is 2.28 bits per heavy atom. The fourth-order valence-corrected chi connectivity index (χ4v) is 2.87. The van der Waals surface area contributed by atoms with Crippen molar-refractivity contribution in [2.24, 2.45) is 0 Å². The summed E-state index contributed by atoms with van der Waals surface area (Å²) >= 11 is 0. The predicted octanol–water partition coefficient (Wildman–Crippen LogP) is 3.37. The number of hydrogen-bond donors (Lipinski definition) is 2. The molecule has 0 saturated carbocycles. The standard InChI is InChI=1S/C21H23N3O5/c1-4-27-17-9-13(10-18(28-5-2)19(17)29-6-3)20(25)24-14-7-8-16-15(11-14)21(26)23-12-22-16/h7-12H,4-6H2,1-3H3,(H,24,25)(H,22,23,26). The maximum atomic E-state index is 12.9. The minimum Gasteiger partial charge on any atom is -0.490 e. The molecule has 1 amide bonds. The van der Waals surface area contributed by atoms with E-state index >= 15 is 0 Å². The van der Waals surface area contributed by atoms with Crippen LogP contribution in [0, 0.1) is 0 Å². The number of fused-ring (bicyclic) bond motifs is 1. The number of H-pyrrole nitrogens is 1. The number of nitrogens with zero attached hydrogens (tertiary/aromatic N) is 1. The summed E-state index contributed by atoms with van der Waals surface area (Å²) in [7, 11) is 0. The molecule has 0 aliphatic rings. The van der Waals surface area contributed by atoms with Crippen LogP contribution in [0.2, 0.25) is 0 Å². The number of nitrogens with one attached hydrogen (secondary N) is 2. The molecule has 0 atom stereocenters. The highest BCUT2D eigenvalue weighted by atomic mass is 16.5. The first kappa shape index (κ1) is 20.2. The molecular weight excluding hydrogens is 374 g/mol. The van der Waals surface area contributed by atoms with Gasteiger partial charge in [-0.15, -0.1) is 0 Å². The predicted molar refractivity (Wildman–Crippen MR) is 110 cm³/mol. The maximum absolute atomic E-state index is 12.9. The Morgan fingerprint density at radius 2 is 1.66 bits per heavy atom. The molecule has 0 aliphatic carbocycles. The molecule has 0 aliphatic heterocycles. The summed E-state index contributed by atoms with van der Waals surface area (Å²) < 4.78 is 17.0. The van der Waals surface area contributed by atoms with E-state index in [-0.39, 0.29) is 11.5 Å². The lowest BCUT2D eigenvalue weighted by Crippen LogP contribution is -2.14. The van der Waals surface area contributed by atoms with Crippen molar-refractivity contribution >= 4 is 22.5 Å². The zero-order chi connectivity index (χ0) is 20.8. The maximum Gasteiger partial charge on any atom is 0.258 e. The van der Waals surface area contributed by atoms with E-state index in [1.807, 2.05) is 20.8 Å². The van der Waals surface area contributed by atoms with Crippen LogP contribution in [-0.2, 0) is 0 Å². The summed E-state index contributed by atoms with van der Waals surface area (Å²) in [6.07, 6.45) is 1.34. The molecule has 2 aromatic carbocycles. The zero-order valence-corrected chi connectivity index (χ0v) is 16.6. The molecule has 3 rings (SSSR count). The monoisotopic (exact) mass is 397 g/mol. The van der Waals surface area contributed by atoms with Gasteiger partial charge in [0.1, 0.15) is 0 Å². The number of hydrogen-bond acceptors (Lipinski definition) is 6. The third kappa shape index (κ3) is 4.48. The number of rotatable bonds is 8. The van der Waals surface area contributed by atoms with Gasteiger partial charge in [0.2, 0.25) is 5.75 Å². The van der Waals surface area contributed by atoms with Crippen molar-refractivity contribution in [1.29, 1.82) is 0 Å². The highest BCUT2D eigenvalue weighted by Gasteiger charge is 2.18. The van der Waals surface area contributed by atoms with Crippen LogP contribution in [0.5, 0.6) is 17.2 Å². The first-order chi connectivity index (χ1) is 14.1. The average Bonchev–Trinajstić information content (AvgIpc) is 2.71. The summed E-state index contributed by atoms with van der Waals surface area (Å²) in [5, 5.41) is 3.19. The number of carbonyl (C=O) groups is 1. The van der Waals surface area contributed by atoms with Crippen molar-refractivity contribution in [3.63, 3.8) is 0 Å². The normalized spacial score (nSPS) is 10.6. The highest BCUT2D eigenvalue weighted by molar-refractivity contribution is 6.05. The molecule has 8 heteroatoms. The van der Waals surface area contributed by atoms with E-state index in [9.17, 15) is 9.59 Å². The van der Waals surface area contributed by atoms with Crippen molar-refractivity contribution in [2.45, 2.75) is 20.8 Å². The van der Waals surface area contributed by atoms with E-state index in [4.69, 9.17) is 14.2 Å². The molecule has 3 aromatic rings. The van der Waals surface area contributed by atoms with E-state index in [2.05, 4.69) is 15.3 Å². The molecular formula is C21H23N3O5. The van der Waals surface area contributed by atoms with Gasteiger partial charge in [-0.1, -0.05) is 0 Å². The van der Waals surface area contributed by atoms with Crippen molar-refractivity contribution in [3.8, 4) is 17.2 Å². The fourth-order valence-electron chi connectivity index (χ4n) is 2.87. The lowest BCUT2D eigenvalue weighted by atomic mass is 10.1. The lowest BCUT2D eigenvalue weighted by Gasteiger charge is -2.17. The molecule has 2 N–H and O–H groups in total. The summed E-state index contributed by atoms with van der Waals surface area (Å²) in [5.74, 6) is 0.972. The summed E-state index contributed by atoms with van der Waals surface area (Å²) in [6, 6.07) is 8.17.